The second-order valence-electron chi connectivity index (χ2n) is 1.47. The van der Waals surface area contributed by atoms with E-state index in [1.165, 1.54) is 0 Å². The zero-order valence-corrected chi connectivity index (χ0v) is 10.7. The summed E-state index contributed by atoms with van der Waals surface area (Å²) in [5.74, 6) is 2.32. The Hall–Kier alpha value is 1.70. The molecular formula is C5H13PS4. The lowest BCUT2D eigenvalue weighted by atomic mass is 11.0. The lowest BCUT2D eigenvalue weighted by Crippen LogP contribution is -1.67. The van der Waals surface area contributed by atoms with Gasteiger partial charge in [-0.1, -0.05) is 25.7 Å². The smallest absolute Gasteiger partial charge is 0.108 e. The number of hydrogen-bond donors (Lipinski definition) is 0. The van der Waals surface area contributed by atoms with Crippen LogP contribution < -0.4 is 0 Å². The molecule has 5 heteroatoms. The Morgan fingerprint density at radius 2 is 1.60 bits per heavy atom. The molecule has 0 aliphatic heterocycles. The van der Waals surface area contributed by atoms with E-state index in [1.807, 2.05) is 34.1 Å². The van der Waals surface area contributed by atoms with Gasteiger partial charge >= 0.3 is 0 Å². The van der Waals surface area contributed by atoms with E-state index in [0.29, 0.717) is 0 Å². The SMILES string of the molecule is CCSP(=S)(SC)SCC. The molecule has 0 aromatic heterocycles. The molecule has 0 aliphatic rings. The Bertz CT molecular complexity index is 115. The fraction of sp³-hybridized carbons (Fsp3) is 1.00. The molecule has 0 spiro atoms. The van der Waals surface area contributed by atoms with Crippen molar-refractivity contribution >= 4 is 49.6 Å². The van der Waals surface area contributed by atoms with E-state index < -0.39 is 3.64 Å². The van der Waals surface area contributed by atoms with E-state index in [4.69, 9.17) is 11.8 Å². The molecule has 62 valence electrons. The van der Waals surface area contributed by atoms with E-state index in [0.717, 1.165) is 11.5 Å². The van der Waals surface area contributed by atoms with Gasteiger partial charge in [-0.2, -0.15) is 0 Å². The van der Waals surface area contributed by atoms with E-state index in [2.05, 4.69) is 20.1 Å². The second kappa shape index (κ2) is 6.24. The molecule has 0 aliphatic carbocycles. The molecule has 0 saturated carbocycles. The van der Waals surface area contributed by atoms with Crippen molar-refractivity contribution in [2.75, 3.05) is 17.8 Å². The standard InChI is InChI=1S/C5H13PS4/c1-4-9-6(7,8-3)10-5-2/h4-5H2,1-3H3. The van der Waals surface area contributed by atoms with Crippen LogP contribution in [-0.2, 0) is 11.8 Å². The first-order chi connectivity index (χ1) is 4.68. The maximum Gasteiger partial charge on any atom is 0.109 e. The summed E-state index contributed by atoms with van der Waals surface area (Å²) in [6.45, 7) is 4.36. The lowest BCUT2D eigenvalue weighted by molar-refractivity contribution is 1.54. The van der Waals surface area contributed by atoms with Crippen molar-refractivity contribution in [2.24, 2.45) is 0 Å². The highest BCUT2D eigenvalue weighted by Crippen LogP contribution is 2.77. The van der Waals surface area contributed by atoms with Gasteiger partial charge in [0.25, 0.3) is 0 Å². The van der Waals surface area contributed by atoms with Crippen LogP contribution in [0, 0.1) is 0 Å². The minimum Gasteiger partial charge on any atom is -0.108 e. The molecule has 0 aromatic rings. The summed E-state index contributed by atoms with van der Waals surface area (Å²) in [5.41, 5.74) is 0. The van der Waals surface area contributed by atoms with E-state index in [1.54, 1.807) is 0 Å². The molecule has 0 fully saturated rings. The highest BCUT2D eigenvalue weighted by molar-refractivity contribution is 9.23. The van der Waals surface area contributed by atoms with Crippen LogP contribution in [0.15, 0.2) is 0 Å². The maximum absolute atomic E-state index is 5.50. The molecular weight excluding hydrogens is 219 g/mol. The Kier molecular flexibility index (Phi) is 7.30. The molecule has 0 atom stereocenters. The van der Waals surface area contributed by atoms with Crippen LogP contribution in [0.4, 0.5) is 0 Å². The molecule has 0 N–H and O–H groups in total. The van der Waals surface area contributed by atoms with E-state index in [-0.39, 0.29) is 0 Å². The zero-order chi connectivity index (χ0) is 8.04. The predicted octanol–water partition coefficient (Wildman–Crippen LogP) is 4.08. The van der Waals surface area contributed by atoms with Gasteiger partial charge in [0.05, 0.1) is 0 Å². The van der Waals surface area contributed by atoms with Gasteiger partial charge in [-0.15, -0.1) is 34.1 Å². The summed E-state index contributed by atoms with van der Waals surface area (Å²) in [6.07, 6.45) is 2.13. The van der Waals surface area contributed by atoms with Crippen molar-refractivity contribution in [1.82, 2.24) is 0 Å². The Morgan fingerprint density at radius 1 is 1.20 bits per heavy atom. The minimum atomic E-state index is -1.12. The summed E-state index contributed by atoms with van der Waals surface area (Å²) in [7, 11) is 0. The first-order valence-corrected chi connectivity index (χ1v) is 10.9. The summed E-state index contributed by atoms with van der Waals surface area (Å²) in [5, 5.41) is 0. The molecule has 0 rings (SSSR count). The summed E-state index contributed by atoms with van der Waals surface area (Å²) < 4.78 is -1.12. The average molecular weight is 232 g/mol. The maximum atomic E-state index is 5.50. The molecule has 0 unspecified atom stereocenters. The fourth-order valence-corrected chi connectivity index (χ4v) is 12.4. The summed E-state index contributed by atoms with van der Waals surface area (Å²) >= 11 is 11.3. The lowest BCUT2D eigenvalue weighted by Gasteiger charge is -2.15. The van der Waals surface area contributed by atoms with Crippen LogP contribution in [0.1, 0.15) is 13.8 Å². The van der Waals surface area contributed by atoms with Crippen LogP contribution in [0.5, 0.6) is 0 Å². The molecule has 0 aromatic carbocycles. The third-order valence-electron chi connectivity index (χ3n) is 0.798. The minimum absolute atomic E-state index is 1.12. The van der Waals surface area contributed by atoms with Crippen molar-refractivity contribution in [3.8, 4) is 0 Å². The molecule has 0 heterocycles. The molecule has 0 nitrogen and oxygen atoms in total. The van der Waals surface area contributed by atoms with Gasteiger partial charge in [0.2, 0.25) is 0 Å². The number of rotatable bonds is 5. The third-order valence-corrected chi connectivity index (χ3v) is 16.9. The van der Waals surface area contributed by atoms with Crippen molar-refractivity contribution < 1.29 is 0 Å². The predicted molar refractivity (Wildman–Crippen MR) is 64.1 cm³/mol. The Labute approximate surface area is 80.9 Å². The quantitative estimate of drug-likeness (QED) is 0.655. The van der Waals surface area contributed by atoms with Gasteiger partial charge in [-0.3, -0.25) is 0 Å². The fourth-order valence-electron chi connectivity index (χ4n) is 0.459. The summed E-state index contributed by atoms with van der Waals surface area (Å²) in [4.78, 5) is 0. The van der Waals surface area contributed by atoms with Gasteiger partial charge in [-0.25, -0.2) is 0 Å². The van der Waals surface area contributed by atoms with Crippen molar-refractivity contribution in [3.05, 3.63) is 0 Å². The molecule has 0 radical (unpaired) electrons. The van der Waals surface area contributed by atoms with Crippen LogP contribution in [-0.4, -0.2) is 17.8 Å². The van der Waals surface area contributed by atoms with Crippen molar-refractivity contribution in [1.29, 1.82) is 0 Å². The third kappa shape index (κ3) is 4.55. The second-order valence-corrected chi connectivity index (χ2v) is 17.8. The van der Waals surface area contributed by atoms with Crippen LogP contribution in [0.3, 0.4) is 0 Å². The van der Waals surface area contributed by atoms with Crippen molar-refractivity contribution in [3.63, 3.8) is 0 Å². The average Bonchev–Trinajstić information content (AvgIpc) is 1.89. The Morgan fingerprint density at radius 3 is 1.80 bits per heavy atom. The zero-order valence-electron chi connectivity index (χ0n) is 6.49. The monoisotopic (exact) mass is 232 g/mol. The van der Waals surface area contributed by atoms with Crippen LogP contribution in [0.2, 0.25) is 0 Å². The molecule has 0 bridgehead atoms. The molecule has 10 heavy (non-hydrogen) atoms. The van der Waals surface area contributed by atoms with E-state index >= 15 is 0 Å². The van der Waals surface area contributed by atoms with Gasteiger partial charge in [0, 0.05) is 0 Å². The van der Waals surface area contributed by atoms with Gasteiger partial charge in [-0.05, 0) is 17.8 Å². The van der Waals surface area contributed by atoms with Crippen LogP contribution >= 0.6 is 37.8 Å². The van der Waals surface area contributed by atoms with Gasteiger partial charge in [0.1, 0.15) is 3.64 Å². The first-order valence-electron chi connectivity index (χ1n) is 3.13. The van der Waals surface area contributed by atoms with E-state index in [9.17, 15) is 0 Å². The molecule has 0 amide bonds. The highest BCUT2D eigenvalue weighted by Gasteiger charge is 2.13. The topological polar surface area (TPSA) is 0 Å². The first kappa shape index (κ1) is 11.7. The largest absolute Gasteiger partial charge is 0.109 e. The van der Waals surface area contributed by atoms with Crippen LogP contribution in [0.25, 0.3) is 0 Å². The Balaban J connectivity index is 3.83. The number of hydrogen-bond acceptors (Lipinski definition) is 4. The van der Waals surface area contributed by atoms with Gasteiger partial charge < -0.3 is 0 Å². The highest BCUT2D eigenvalue weighted by atomic mass is 33.5. The normalized spacial score (nSPS) is 11.9. The van der Waals surface area contributed by atoms with Crippen molar-refractivity contribution in [2.45, 2.75) is 13.8 Å². The van der Waals surface area contributed by atoms with Gasteiger partial charge in [0.15, 0.2) is 0 Å². The summed E-state index contributed by atoms with van der Waals surface area (Å²) in [6, 6.07) is 0. The molecule has 0 saturated heterocycles.